The van der Waals surface area contributed by atoms with Gasteiger partial charge < -0.3 is 22.1 Å². The van der Waals surface area contributed by atoms with E-state index < -0.39 is 0 Å². The second-order valence-corrected chi connectivity index (χ2v) is 3.56. The van der Waals surface area contributed by atoms with Crippen molar-refractivity contribution in [1.29, 1.82) is 0 Å². The van der Waals surface area contributed by atoms with Crippen LogP contribution in [0, 0.1) is 0 Å². The standard InChI is InChI=1S/C10H16N4/c11-7-2-1-3-8(12)10(7)9-6-13-4-5-14-9/h1-3,9,13-14H,4-6,11-12H2. The Labute approximate surface area is 83.7 Å². The summed E-state index contributed by atoms with van der Waals surface area (Å²) in [5.74, 6) is 0. The van der Waals surface area contributed by atoms with Crippen LogP contribution in [0.3, 0.4) is 0 Å². The van der Waals surface area contributed by atoms with Crippen molar-refractivity contribution in [2.24, 2.45) is 0 Å². The van der Waals surface area contributed by atoms with E-state index in [4.69, 9.17) is 11.5 Å². The molecule has 0 spiro atoms. The van der Waals surface area contributed by atoms with E-state index in [2.05, 4.69) is 10.6 Å². The highest BCUT2D eigenvalue weighted by molar-refractivity contribution is 5.62. The highest BCUT2D eigenvalue weighted by atomic mass is 15.1. The van der Waals surface area contributed by atoms with Crippen LogP contribution in [-0.4, -0.2) is 19.6 Å². The van der Waals surface area contributed by atoms with Gasteiger partial charge in [-0.2, -0.15) is 0 Å². The number of nitrogens with one attached hydrogen (secondary N) is 2. The van der Waals surface area contributed by atoms with Crippen molar-refractivity contribution in [2.45, 2.75) is 6.04 Å². The summed E-state index contributed by atoms with van der Waals surface area (Å²) >= 11 is 0. The average Bonchev–Trinajstić information content (AvgIpc) is 2.19. The predicted octanol–water partition coefficient (Wildman–Crippen LogP) is 0.0849. The molecule has 0 radical (unpaired) electrons. The van der Waals surface area contributed by atoms with Crippen molar-refractivity contribution in [3.63, 3.8) is 0 Å². The summed E-state index contributed by atoms with van der Waals surface area (Å²) in [4.78, 5) is 0. The van der Waals surface area contributed by atoms with Gasteiger partial charge in [0.1, 0.15) is 0 Å². The maximum Gasteiger partial charge on any atom is 0.0488 e. The minimum atomic E-state index is 0.241. The van der Waals surface area contributed by atoms with Crippen LogP contribution in [0.4, 0.5) is 11.4 Å². The van der Waals surface area contributed by atoms with E-state index in [0.717, 1.165) is 36.6 Å². The summed E-state index contributed by atoms with van der Waals surface area (Å²) in [6.07, 6.45) is 0. The Kier molecular flexibility index (Phi) is 2.56. The maximum absolute atomic E-state index is 5.90. The number of nitrogen functional groups attached to an aromatic ring is 2. The minimum Gasteiger partial charge on any atom is -0.398 e. The summed E-state index contributed by atoms with van der Waals surface area (Å²) in [7, 11) is 0. The largest absolute Gasteiger partial charge is 0.398 e. The Balaban J connectivity index is 2.29. The van der Waals surface area contributed by atoms with Crippen LogP contribution in [-0.2, 0) is 0 Å². The fourth-order valence-electron chi connectivity index (χ4n) is 1.86. The molecule has 1 saturated heterocycles. The van der Waals surface area contributed by atoms with Gasteiger partial charge in [-0.1, -0.05) is 6.07 Å². The van der Waals surface area contributed by atoms with Gasteiger partial charge in [-0.3, -0.25) is 0 Å². The molecule has 0 aliphatic carbocycles. The molecule has 0 bridgehead atoms. The van der Waals surface area contributed by atoms with Crippen LogP contribution >= 0.6 is 0 Å². The van der Waals surface area contributed by atoms with Crippen molar-refractivity contribution in [1.82, 2.24) is 10.6 Å². The van der Waals surface area contributed by atoms with Gasteiger partial charge in [0.15, 0.2) is 0 Å². The Bertz CT molecular complexity index is 298. The summed E-state index contributed by atoms with van der Waals surface area (Å²) in [5.41, 5.74) is 14.4. The molecule has 1 heterocycles. The van der Waals surface area contributed by atoms with E-state index in [9.17, 15) is 0 Å². The molecule has 1 aliphatic heterocycles. The van der Waals surface area contributed by atoms with Crippen LogP contribution in [0.2, 0.25) is 0 Å². The molecule has 1 aliphatic rings. The predicted molar refractivity (Wildman–Crippen MR) is 58.9 cm³/mol. The summed E-state index contributed by atoms with van der Waals surface area (Å²) < 4.78 is 0. The van der Waals surface area contributed by atoms with Gasteiger partial charge in [0.2, 0.25) is 0 Å². The van der Waals surface area contributed by atoms with Crippen molar-refractivity contribution < 1.29 is 0 Å². The Morgan fingerprint density at radius 2 is 1.86 bits per heavy atom. The lowest BCUT2D eigenvalue weighted by Crippen LogP contribution is -2.43. The topological polar surface area (TPSA) is 76.1 Å². The van der Waals surface area contributed by atoms with Crippen LogP contribution in [0.15, 0.2) is 18.2 Å². The average molecular weight is 192 g/mol. The molecule has 1 aromatic carbocycles. The number of hydrogen-bond donors (Lipinski definition) is 4. The molecule has 76 valence electrons. The summed E-state index contributed by atoms with van der Waals surface area (Å²) in [6.45, 7) is 2.85. The Morgan fingerprint density at radius 1 is 1.14 bits per heavy atom. The highest BCUT2D eigenvalue weighted by Crippen LogP contribution is 2.26. The van der Waals surface area contributed by atoms with E-state index in [1.54, 1.807) is 0 Å². The molecular weight excluding hydrogens is 176 g/mol. The van der Waals surface area contributed by atoms with Gasteiger partial charge in [-0.25, -0.2) is 0 Å². The van der Waals surface area contributed by atoms with E-state index in [0.29, 0.717) is 0 Å². The lowest BCUT2D eigenvalue weighted by molar-refractivity contribution is 0.432. The molecule has 1 unspecified atom stereocenters. The molecular formula is C10H16N4. The second kappa shape index (κ2) is 3.86. The van der Waals surface area contributed by atoms with Crippen LogP contribution in [0.1, 0.15) is 11.6 Å². The molecule has 4 nitrogen and oxygen atoms in total. The molecule has 0 saturated carbocycles. The zero-order chi connectivity index (χ0) is 9.97. The first-order valence-corrected chi connectivity index (χ1v) is 4.87. The summed E-state index contributed by atoms with van der Waals surface area (Å²) in [6, 6.07) is 5.90. The molecule has 4 heteroatoms. The number of anilines is 2. The van der Waals surface area contributed by atoms with Crippen molar-refractivity contribution in [2.75, 3.05) is 31.1 Å². The molecule has 1 fully saturated rings. The van der Waals surface area contributed by atoms with Crippen molar-refractivity contribution >= 4 is 11.4 Å². The van der Waals surface area contributed by atoms with E-state index in [-0.39, 0.29) is 6.04 Å². The highest BCUT2D eigenvalue weighted by Gasteiger charge is 2.18. The first-order chi connectivity index (χ1) is 6.79. The van der Waals surface area contributed by atoms with Gasteiger partial charge in [-0.15, -0.1) is 0 Å². The van der Waals surface area contributed by atoms with Gasteiger partial charge in [0.05, 0.1) is 0 Å². The third kappa shape index (κ3) is 1.66. The lowest BCUT2D eigenvalue weighted by atomic mass is 10.0. The zero-order valence-corrected chi connectivity index (χ0v) is 8.09. The maximum atomic E-state index is 5.90. The molecule has 14 heavy (non-hydrogen) atoms. The normalized spacial score (nSPS) is 22.1. The molecule has 2 rings (SSSR count). The number of hydrogen-bond acceptors (Lipinski definition) is 4. The molecule has 0 aromatic heterocycles. The quantitative estimate of drug-likeness (QED) is 0.475. The molecule has 6 N–H and O–H groups in total. The van der Waals surface area contributed by atoms with Gasteiger partial charge in [0.25, 0.3) is 0 Å². The first-order valence-electron chi connectivity index (χ1n) is 4.87. The third-order valence-electron chi connectivity index (χ3n) is 2.56. The van der Waals surface area contributed by atoms with E-state index in [1.165, 1.54) is 0 Å². The van der Waals surface area contributed by atoms with Crippen molar-refractivity contribution in [3.8, 4) is 0 Å². The molecule has 1 aromatic rings. The number of piperazine rings is 1. The van der Waals surface area contributed by atoms with Crippen molar-refractivity contribution in [3.05, 3.63) is 23.8 Å². The fourth-order valence-corrected chi connectivity index (χ4v) is 1.86. The Hall–Kier alpha value is -1.26. The SMILES string of the molecule is Nc1cccc(N)c1C1CNCCN1. The van der Waals surface area contributed by atoms with E-state index >= 15 is 0 Å². The van der Waals surface area contributed by atoms with Crippen LogP contribution in [0.25, 0.3) is 0 Å². The van der Waals surface area contributed by atoms with E-state index in [1.807, 2.05) is 18.2 Å². The van der Waals surface area contributed by atoms with Gasteiger partial charge in [-0.05, 0) is 12.1 Å². The fraction of sp³-hybridized carbons (Fsp3) is 0.400. The molecule has 0 amide bonds. The molecule has 1 atom stereocenters. The summed E-state index contributed by atoms with van der Waals surface area (Å²) in [5, 5.41) is 6.71. The van der Waals surface area contributed by atoms with Crippen LogP contribution < -0.4 is 22.1 Å². The third-order valence-corrected chi connectivity index (χ3v) is 2.56. The van der Waals surface area contributed by atoms with Crippen LogP contribution in [0.5, 0.6) is 0 Å². The first kappa shape index (κ1) is 9.30. The number of benzene rings is 1. The zero-order valence-electron chi connectivity index (χ0n) is 8.09. The van der Waals surface area contributed by atoms with Gasteiger partial charge >= 0.3 is 0 Å². The van der Waals surface area contributed by atoms with Gasteiger partial charge in [0, 0.05) is 42.6 Å². The smallest absolute Gasteiger partial charge is 0.0488 e. The minimum absolute atomic E-state index is 0.241. The lowest BCUT2D eigenvalue weighted by Gasteiger charge is -2.26. The Morgan fingerprint density at radius 3 is 2.43 bits per heavy atom. The number of nitrogens with two attached hydrogens (primary N) is 2. The monoisotopic (exact) mass is 192 g/mol. The number of rotatable bonds is 1. The second-order valence-electron chi connectivity index (χ2n) is 3.56.